The summed E-state index contributed by atoms with van der Waals surface area (Å²) in [6, 6.07) is 25.6. The summed E-state index contributed by atoms with van der Waals surface area (Å²) in [6.45, 7) is 0. The molecule has 1 aliphatic rings. The molecular weight excluding hydrogens is 462 g/mol. The van der Waals surface area contributed by atoms with E-state index in [2.05, 4.69) is 33.0 Å². The number of nitrogens with zero attached hydrogens (tertiary/aromatic N) is 4. The molecule has 0 spiro atoms. The van der Waals surface area contributed by atoms with Crippen LogP contribution in [-0.4, -0.2) is 31.4 Å². The predicted molar refractivity (Wildman–Crippen MR) is 138 cm³/mol. The van der Waals surface area contributed by atoms with Crippen LogP contribution in [0, 0.1) is 0 Å². The minimum absolute atomic E-state index is 0.123. The fraction of sp³-hybridized carbons (Fsp3) is 0.231. The van der Waals surface area contributed by atoms with E-state index in [0.29, 0.717) is 11.3 Å². The van der Waals surface area contributed by atoms with Crippen LogP contribution in [0.3, 0.4) is 0 Å². The van der Waals surface area contributed by atoms with Gasteiger partial charge in [-0.1, -0.05) is 43.2 Å². The Hall–Kier alpha value is -3.10. The van der Waals surface area contributed by atoms with E-state index in [9.17, 15) is 4.79 Å². The minimum atomic E-state index is -0.123. The highest BCUT2D eigenvalue weighted by Crippen LogP contribution is 2.35. The number of hydrogen-bond acceptors (Lipinski definition) is 6. The lowest BCUT2D eigenvalue weighted by molar-refractivity contribution is 0.102. The molecule has 4 aromatic rings. The fourth-order valence-corrected chi connectivity index (χ4v) is 6.20. The molecule has 0 unspecified atom stereocenters. The van der Waals surface area contributed by atoms with E-state index in [-0.39, 0.29) is 5.91 Å². The Bertz CT molecular complexity index is 1240. The molecular formula is C26H25N5OS2. The van der Waals surface area contributed by atoms with Crippen molar-refractivity contribution in [1.82, 2.24) is 20.2 Å². The van der Waals surface area contributed by atoms with Crippen molar-refractivity contribution in [2.45, 2.75) is 46.5 Å². The quantitative estimate of drug-likeness (QED) is 0.297. The van der Waals surface area contributed by atoms with Crippen LogP contribution in [0.2, 0.25) is 0 Å². The van der Waals surface area contributed by atoms with Gasteiger partial charge in [-0.25, -0.2) is 0 Å². The van der Waals surface area contributed by atoms with Crippen molar-refractivity contribution in [2.75, 3.05) is 5.32 Å². The Balaban J connectivity index is 1.24. The second kappa shape index (κ2) is 10.9. The molecule has 1 heterocycles. The standard InChI is InChI=1S/C26H25N5OS2/c32-26(27-19-14-16-22(17-15-19)34-21-10-4-5-11-21)23-12-6-7-13-24(23)33-18-25-28-29-30-31(25)20-8-2-1-3-9-20/h1-3,6-9,12-17,21H,4-5,10-11,18H2,(H,27,32). The van der Waals surface area contributed by atoms with Crippen molar-refractivity contribution >= 4 is 35.1 Å². The smallest absolute Gasteiger partial charge is 0.256 e. The average Bonchev–Trinajstić information content (AvgIpc) is 3.57. The lowest BCUT2D eigenvalue weighted by atomic mass is 10.2. The van der Waals surface area contributed by atoms with E-state index in [1.807, 2.05) is 78.5 Å². The second-order valence-corrected chi connectivity index (χ2v) is 10.5. The zero-order valence-electron chi connectivity index (χ0n) is 18.6. The number of benzene rings is 3. The van der Waals surface area contributed by atoms with E-state index in [1.54, 1.807) is 16.4 Å². The van der Waals surface area contributed by atoms with Gasteiger partial charge in [-0.15, -0.1) is 28.6 Å². The summed E-state index contributed by atoms with van der Waals surface area (Å²) in [6.07, 6.45) is 5.28. The van der Waals surface area contributed by atoms with Crippen LogP contribution in [0.25, 0.3) is 5.69 Å². The third-order valence-corrected chi connectivity index (χ3v) is 8.16. The maximum Gasteiger partial charge on any atom is 0.256 e. The number of para-hydroxylation sites is 1. The number of carbonyl (C=O) groups excluding carboxylic acids is 1. The van der Waals surface area contributed by atoms with Crippen LogP contribution in [0.15, 0.2) is 88.7 Å². The number of anilines is 1. The van der Waals surface area contributed by atoms with Gasteiger partial charge in [0.2, 0.25) is 0 Å². The van der Waals surface area contributed by atoms with Gasteiger partial charge >= 0.3 is 0 Å². The molecule has 1 amide bonds. The summed E-state index contributed by atoms with van der Waals surface area (Å²) in [5, 5.41) is 15.9. The number of carbonyl (C=O) groups is 1. The summed E-state index contributed by atoms with van der Waals surface area (Å²) < 4.78 is 1.72. The molecule has 0 aliphatic heterocycles. The first-order valence-corrected chi connectivity index (χ1v) is 13.3. The molecule has 0 atom stereocenters. The van der Waals surface area contributed by atoms with Crippen LogP contribution < -0.4 is 5.32 Å². The highest BCUT2D eigenvalue weighted by atomic mass is 32.2. The zero-order chi connectivity index (χ0) is 23.2. The number of nitrogens with one attached hydrogen (secondary N) is 1. The highest BCUT2D eigenvalue weighted by Gasteiger charge is 2.17. The van der Waals surface area contributed by atoms with Crippen molar-refractivity contribution in [3.05, 3.63) is 90.3 Å². The van der Waals surface area contributed by atoms with E-state index in [4.69, 9.17) is 0 Å². The summed E-state index contributed by atoms with van der Waals surface area (Å²) in [7, 11) is 0. The molecule has 3 aromatic carbocycles. The van der Waals surface area contributed by atoms with Gasteiger partial charge in [0.25, 0.3) is 5.91 Å². The molecule has 0 bridgehead atoms. The van der Waals surface area contributed by atoms with Crippen molar-refractivity contribution < 1.29 is 4.79 Å². The molecule has 1 fully saturated rings. The minimum Gasteiger partial charge on any atom is -0.322 e. The van der Waals surface area contributed by atoms with Gasteiger partial charge in [0, 0.05) is 20.7 Å². The summed E-state index contributed by atoms with van der Waals surface area (Å²) in [4.78, 5) is 15.2. The molecule has 5 rings (SSSR count). The van der Waals surface area contributed by atoms with Crippen molar-refractivity contribution in [1.29, 1.82) is 0 Å². The van der Waals surface area contributed by atoms with Crippen molar-refractivity contribution in [3.8, 4) is 5.69 Å². The molecule has 1 saturated carbocycles. The van der Waals surface area contributed by atoms with Crippen LogP contribution >= 0.6 is 23.5 Å². The van der Waals surface area contributed by atoms with Gasteiger partial charge < -0.3 is 5.32 Å². The van der Waals surface area contributed by atoms with Gasteiger partial charge in [0.15, 0.2) is 5.82 Å². The van der Waals surface area contributed by atoms with Gasteiger partial charge in [0.1, 0.15) is 0 Å². The third kappa shape index (κ3) is 5.51. The number of tetrazole rings is 1. The molecule has 172 valence electrons. The second-order valence-electron chi connectivity index (χ2n) is 8.13. The monoisotopic (exact) mass is 487 g/mol. The maximum absolute atomic E-state index is 13.1. The Morgan fingerprint density at radius 1 is 0.941 bits per heavy atom. The van der Waals surface area contributed by atoms with Crippen LogP contribution in [-0.2, 0) is 5.75 Å². The van der Waals surface area contributed by atoms with Crippen LogP contribution in [0.5, 0.6) is 0 Å². The average molecular weight is 488 g/mol. The van der Waals surface area contributed by atoms with E-state index in [1.165, 1.54) is 30.6 Å². The largest absolute Gasteiger partial charge is 0.322 e. The van der Waals surface area contributed by atoms with Gasteiger partial charge in [-0.2, -0.15) is 4.68 Å². The molecule has 0 radical (unpaired) electrons. The van der Waals surface area contributed by atoms with Gasteiger partial charge in [-0.3, -0.25) is 4.79 Å². The molecule has 6 nitrogen and oxygen atoms in total. The molecule has 8 heteroatoms. The first-order valence-electron chi connectivity index (χ1n) is 11.4. The molecule has 1 N–H and O–H groups in total. The lowest BCUT2D eigenvalue weighted by Crippen LogP contribution is -2.13. The Labute approximate surface area is 207 Å². The van der Waals surface area contributed by atoms with E-state index >= 15 is 0 Å². The van der Waals surface area contributed by atoms with Crippen molar-refractivity contribution in [2.24, 2.45) is 0 Å². The fourth-order valence-electron chi connectivity index (χ4n) is 4.00. The number of amides is 1. The predicted octanol–water partition coefficient (Wildman–Crippen LogP) is 6.24. The van der Waals surface area contributed by atoms with Crippen molar-refractivity contribution in [3.63, 3.8) is 0 Å². The van der Waals surface area contributed by atoms with E-state index < -0.39 is 0 Å². The topological polar surface area (TPSA) is 72.7 Å². The van der Waals surface area contributed by atoms with Crippen LogP contribution in [0.1, 0.15) is 41.9 Å². The Kier molecular flexibility index (Phi) is 7.26. The highest BCUT2D eigenvalue weighted by molar-refractivity contribution is 8.00. The third-order valence-electron chi connectivity index (χ3n) is 5.74. The zero-order valence-corrected chi connectivity index (χ0v) is 20.3. The maximum atomic E-state index is 13.1. The number of hydrogen-bond donors (Lipinski definition) is 1. The van der Waals surface area contributed by atoms with Gasteiger partial charge in [-0.05, 0) is 71.8 Å². The lowest BCUT2D eigenvalue weighted by Gasteiger charge is -2.12. The van der Waals surface area contributed by atoms with Crippen LogP contribution in [0.4, 0.5) is 5.69 Å². The SMILES string of the molecule is O=C(Nc1ccc(SC2CCCC2)cc1)c1ccccc1SCc1nnnn1-c1ccccc1. The Morgan fingerprint density at radius 3 is 2.47 bits per heavy atom. The Morgan fingerprint density at radius 2 is 1.68 bits per heavy atom. The summed E-state index contributed by atoms with van der Waals surface area (Å²) in [5.74, 6) is 1.14. The molecule has 0 saturated heterocycles. The van der Waals surface area contributed by atoms with E-state index in [0.717, 1.165) is 27.3 Å². The van der Waals surface area contributed by atoms with Gasteiger partial charge in [0.05, 0.1) is 17.0 Å². The normalized spacial score (nSPS) is 13.8. The first-order chi connectivity index (χ1) is 16.8. The molecule has 1 aromatic heterocycles. The molecule has 1 aliphatic carbocycles. The summed E-state index contributed by atoms with van der Waals surface area (Å²) >= 11 is 3.49. The molecule has 34 heavy (non-hydrogen) atoms. The number of rotatable bonds is 8. The first kappa shape index (κ1) is 22.7. The number of thioether (sulfide) groups is 2. The number of aromatic nitrogens is 4. The summed E-state index contributed by atoms with van der Waals surface area (Å²) in [5.41, 5.74) is 2.34.